The van der Waals surface area contributed by atoms with Gasteiger partial charge in [-0.05, 0) is 49.1 Å². The normalized spacial score (nSPS) is 17.3. The molecule has 1 unspecified atom stereocenters. The van der Waals surface area contributed by atoms with Crippen LogP contribution in [0.5, 0.6) is 0 Å². The highest BCUT2D eigenvalue weighted by molar-refractivity contribution is 5.29. The SMILES string of the molecule is Cc1ccc(F)cc1C(O)Cc1ccn(C2CCCC2)n1. The zero-order valence-corrected chi connectivity index (χ0v) is 12.3. The largest absolute Gasteiger partial charge is 0.388 e. The molecule has 1 N–H and O–H groups in total. The second kappa shape index (κ2) is 5.98. The topological polar surface area (TPSA) is 38.0 Å². The standard InChI is InChI=1S/C17H21FN2O/c1-12-6-7-13(18)10-16(12)17(21)11-14-8-9-20(19-14)15-4-2-3-5-15/h6-10,15,17,21H,2-5,11H2,1H3. The van der Waals surface area contributed by atoms with Gasteiger partial charge in [0.05, 0.1) is 17.8 Å². The summed E-state index contributed by atoms with van der Waals surface area (Å²) in [5.41, 5.74) is 2.41. The van der Waals surface area contributed by atoms with Crippen LogP contribution in [0.4, 0.5) is 4.39 Å². The van der Waals surface area contributed by atoms with Crippen LogP contribution in [0.15, 0.2) is 30.5 Å². The zero-order valence-electron chi connectivity index (χ0n) is 12.3. The third-order valence-corrected chi connectivity index (χ3v) is 4.37. The number of aromatic nitrogens is 2. The molecule has 1 atom stereocenters. The first-order valence-electron chi connectivity index (χ1n) is 7.61. The van der Waals surface area contributed by atoms with E-state index in [1.807, 2.05) is 23.9 Å². The Bertz CT molecular complexity index is 617. The number of halogens is 1. The van der Waals surface area contributed by atoms with Crippen LogP contribution in [0.2, 0.25) is 0 Å². The lowest BCUT2D eigenvalue weighted by molar-refractivity contribution is 0.175. The Morgan fingerprint density at radius 1 is 1.33 bits per heavy atom. The lowest BCUT2D eigenvalue weighted by atomic mass is 10.00. The van der Waals surface area contributed by atoms with Crippen molar-refractivity contribution < 1.29 is 9.50 Å². The predicted octanol–water partition coefficient (Wildman–Crippen LogP) is 3.72. The Kier molecular flexibility index (Phi) is 4.06. The highest BCUT2D eigenvalue weighted by Crippen LogP contribution is 2.29. The second-order valence-corrected chi connectivity index (χ2v) is 5.95. The van der Waals surface area contributed by atoms with Crippen molar-refractivity contribution in [2.24, 2.45) is 0 Å². The van der Waals surface area contributed by atoms with Gasteiger partial charge in [0.15, 0.2) is 0 Å². The first-order chi connectivity index (χ1) is 10.1. The van der Waals surface area contributed by atoms with E-state index in [4.69, 9.17) is 0 Å². The van der Waals surface area contributed by atoms with Gasteiger partial charge in [-0.2, -0.15) is 5.10 Å². The molecule has 0 amide bonds. The monoisotopic (exact) mass is 288 g/mol. The fourth-order valence-electron chi connectivity index (χ4n) is 3.14. The number of hydrogen-bond donors (Lipinski definition) is 1. The van der Waals surface area contributed by atoms with Crippen LogP contribution in [-0.2, 0) is 6.42 Å². The molecule has 1 aliphatic rings. The maximum Gasteiger partial charge on any atom is 0.123 e. The lowest BCUT2D eigenvalue weighted by Gasteiger charge is -2.13. The van der Waals surface area contributed by atoms with E-state index in [0.29, 0.717) is 18.0 Å². The Balaban J connectivity index is 1.72. The second-order valence-electron chi connectivity index (χ2n) is 5.95. The summed E-state index contributed by atoms with van der Waals surface area (Å²) in [5, 5.41) is 14.9. The van der Waals surface area contributed by atoms with E-state index in [0.717, 1.165) is 11.3 Å². The molecule has 0 saturated heterocycles. The van der Waals surface area contributed by atoms with E-state index >= 15 is 0 Å². The van der Waals surface area contributed by atoms with Gasteiger partial charge in [-0.3, -0.25) is 4.68 Å². The van der Waals surface area contributed by atoms with E-state index in [1.165, 1.54) is 37.8 Å². The summed E-state index contributed by atoms with van der Waals surface area (Å²) in [7, 11) is 0. The summed E-state index contributed by atoms with van der Waals surface area (Å²) >= 11 is 0. The molecule has 1 fully saturated rings. The molecule has 1 saturated carbocycles. The molecule has 0 radical (unpaired) electrons. The molecule has 1 heterocycles. The number of aliphatic hydroxyl groups is 1. The summed E-state index contributed by atoms with van der Waals surface area (Å²) in [6.45, 7) is 1.88. The van der Waals surface area contributed by atoms with Crippen molar-refractivity contribution >= 4 is 0 Å². The van der Waals surface area contributed by atoms with Gasteiger partial charge in [0, 0.05) is 12.6 Å². The summed E-state index contributed by atoms with van der Waals surface area (Å²) in [4.78, 5) is 0. The lowest BCUT2D eigenvalue weighted by Crippen LogP contribution is -2.08. The van der Waals surface area contributed by atoms with Crippen molar-refractivity contribution in [1.29, 1.82) is 0 Å². The van der Waals surface area contributed by atoms with Crippen molar-refractivity contribution in [2.45, 2.75) is 51.2 Å². The fourth-order valence-corrected chi connectivity index (χ4v) is 3.14. The summed E-state index contributed by atoms with van der Waals surface area (Å²) in [6, 6.07) is 6.99. The van der Waals surface area contributed by atoms with Crippen LogP contribution in [0.25, 0.3) is 0 Å². The minimum Gasteiger partial charge on any atom is -0.388 e. The fraction of sp³-hybridized carbons (Fsp3) is 0.471. The summed E-state index contributed by atoms with van der Waals surface area (Å²) in [6.07, 6.45) is 6.61. The highest BCUT2D eigenvalue weighted by Gasteiger charge is 2.19. The van der Waals surface area contributed by atoms with Crippen LogP contribution in [0.1, 0.15) is 54.6 Å². The van der Waals surface area contributed by atoms with Gasteiger partial charge < -0.3 is 5.11 Å². The molecular weight excluding hydrogens is 267 g/mol. The molecule has 0 aliphatic heterocycles. The predicted molar refractivity (Wildman–Crippen MR) is 79.5 cm³/mol. The Morgan fingerprint density at radius 3 is 2.86 bits per heavy atom. The van der Waals surface area contributed by atoms with E-state index in [-0.39, 0.29) is 5.82 Å². The number of aryl methyl sites for hydroxylation is 1. The third-order valence-electron chi connectivity index (χ3n) is 4.37. The molecule has 1 aliphatic carbocycles. The maximum absolute atomic E-state index is 13.3. The van der Waals surface area contributed by atoms with Crippen molar-refractivity contribution in [3.05, 3.63) is 53.1 Å². The summed E-state index contributed by atoms with van der Waals surface area (Å²) < 4.78 is 15.3. The van der Waals surface area contributed by atoms with E-state index in [1.54, 1.807) is 6.07 Å². The quantitative estimate of drug-likeness (QED) is 0.931. The number of nitrogens with zero attached hydrogens (tertiary/aromatic N) is 2. The van der Waals surface area contributed by atoms with E-state index in [9.17, 15) is 9.50 Å². The van der Waals surface area contributed by atoms with Crippen molar-refractivity contribution in [3.8, 4) is 0 Å². The van der Waals surface area contributed by atoms with E-state index < -0.39 is 6.10 Å². The Hall–Kier alpha value is -1.68. The molecule has 3 nitrogen and oxygen atoms in total. The Labute approximate surface area is 124 Å². The van der Waals surface area contributed by atoms with Gasteiger partial charge in [0.1, 0.15) is 5.82 Å². The van der Waals surface area contributed by atoms with Crippen LogP contribution in [0, 0.1) is 12.7 Å². The van der Waals surface area contributed by atoms with Gasteiger partial charge in [0.25, 0.3) is 0 Å². The molecule has 1 aromatic carbocycles. The maximum atomic E-state index is 13.3. The number of hydrogen-bond acceptors (Lipinski definition) is 2. The van der Waals surface area contributed by atoms with Crippen LogP contribution in [-0.4, -0.2) is 14.9 Å². The molecule has 21 heavy (non-hydrogen) atoms. The molecule has 4 heteroatoms. The average Bonchev–Trinajstić information content (AvgIpc) is 3.11. The smallest absolute Gasteiger partial charge is 0.123 e. The van der Waals surface area contributed by atoms with Gasteiger partial charge in [-0.1, -0.05) is 18.9 Å². The molecular formula is C17H21FN2O. The van der Waals surface area contributed by atoms with Gasteiger partial charge in [0.2, 0.25) is 0 Å². The first kappa shape index (κ1) is 14.3. The van der Waals surface area contributed by atoms with Gasteiger partial charge in [-0.15, -0.1) is 0 Å². The molecule has 1 aromatic heterocycles. The minimum absolute atomic E-state index is 0.314. The molecule has 2 aromatic rings. The van der Waals surface area contributed by atoms with E-state index in [2.05, 4.69) is 5.10 Å². The first-order valence-corrected chi connectivity index (χ1v) is 7.61. The molecule has 112 valence electrons. The van der Waals surface area contributed by atoms with Crippen LogP contribution in [0.3, 0.4) is 0 Å². The molecule has 3 rings (SSSR count). The van der Waals surface area contributed by atoms with Crippen LogP contribution < -0.4 is 0 Å². The number of rotatable bonds is 4. The molecule has 0 bridgehead atoms. The Morgan fingerprint density at radius 2 is 2.10 bits per heavy atom. The van der Waals surface area contributed by atoms with Crippen molar-refractivity contribution in [1.82, 2.24) is 9.78 Å². The van der Waals surface area contributed by atoms with Gasteiger partial charge >= 0.3 is 0 Å². The minimum atomic E-state index is -0.715. The molecule has 0 spiro atoms. The van der Waals surface area contributed by atoms with Crippen molar-refractivity contribution in [3.63, 3.8) is 0 Å². The zero-order chi connectivity index (χ0) is 14.8. The average molecular weight is 288 g/mol. The van der Waals surface area contributed by atoms with Crippen molar-refractivity contribution in [2.75, 3.05) is 0 Å². The van der Waals surface area contributed by atoms with Gasteiger partial charge in [-0.25, -0.2) is 4.39 Å². The highest BCUT2D eigenvalue weighted by atomic mass is 19.1. The number of benzene rings is 1. The van der Waals surface area contributed by atoms with Crippen LogP contribution >= 0.6 is 0 Å². The number of aliphatic hydroxyl groups excluding tert-OH is 1. The third kappa shape index (κ3) is 3.16. The summed E-state index contributed by atoms with van der Waals surface area (Å²) in [5.74, 6) is -0.314.